The van der Waals surface area contributed by atoms with E-state index in [-0.39, 0.29) is 0 Å². The van der Waals surface area contributed by atoms with Gasteiger partial charge in [0.2, 0.25) is 0 Å². The number of aliphatic imine (C=N–C) groups is 2. The molecule has 0 radical (unpaired) electrons. The highest BCUT2D eigenvalue weighted by Gasteiger charge is 2.13. The SMILES string of the molecule is CN(C)C(=NC1=CC=C(N=C(N(C)C)N(C)C)C1)N(C)C. The summed E-state index contributed by atoms with van der Waals surface area (Å²) in [6, 6.07) is 0. The van der Waals surface area contributed by atoms with E-state index in [0.717, 1.165) is 29.7 Å². The molecule has 0 bridgehead atoms. The largest absolute Gasteiger partial charge is 0.349 e. The van der Waals surface area contributed by atoms with Crippen LogP contribution < -0.4 is 0 Å². The summed E-state index contributed by atoms with van der Waals surface area (Å²) in [7, 11) is 16.0. The fourth-order valence-electron chi connectivity index (χ4n) is 2.11. The zero-order valence-electron chi connectivity index (χ0n) is 14.5. The van der Waals surface area contributed by atoms with Gasteiger partial charge in [-0.05, 0) is 12.2 Å². The van der Waals surface area contributed by atoms with Gasteiger partial charge in [0.25, 0.3) is 0 Å². The van der Waals surface area contributed by atoms with Gasteiger partial charge in [-0.2, -0.15) is 0 Å². The second-order valence-electron chi connectivity index (χ2n) is 5.89. The average molecular weight is 292 g/mol. The van der Waals surface area contributed by atoms with Crippen molar-refractivity contribution in [1.82, 2.24) is 19.6 Å². The van der Waals surface area contributed by atoms with E-state index < -0.39 is 0 Å². The third-order valence-electron chi connectivity index (χ3n) is 2.92. The maximum absolute atomic E-state index is 4.70. The van der Waals surface area contributed by atoms with Crippen molar-refractivity contribution < 1.29 is 0 Å². The molecule has 0 N–H and O–H groups in total. The van der Waals surface area contributed by atoms with Crippen molar-refractivity contribution in [3.63, 3.8) is 0 Å². The van der Waals surface area contributed by atoms with Gasteiger partial charge in [-0.25, -0.2) is 9.98 Å². The summed E-state index contributed by atoms with van der Waals surface area (Å²) in [6.07, 6.45) is 4.83. The van der Waals surface area contributed by atoms with Gasteiger partial charge in [-0.1, -0.05) is 0 Å². The number of hydrogen-bond acceptors (Lipinski definition) is 2. The monoisotopic (exact) mass is 292 g/mol. The Balaban J connectivity index is 2.83. The van der Waals surface area contributed by atoms with Gasteiger partial charge in [0.1, 0.15) is 0 Å². The first-order valence-electron chi connectivity index (χ1n) is 6.98. The summed E-state index contributed by atoms with van der Waals surface area (Å²) in [5.74, 6) is 1.86. The van der Waals surface area contributed by atoms with Crippen LogP contribution in [0.25, 0.3) is 0 Å². The first-order chi connectivity index (χ1) is 9.72. The number of guanidine groups is 2. The molecule has 1 rings (SSSR count). The van der Waals surface area contributed by atoms with E-state index in [1.807, 2.05) is 88.1 Å². The lowest BCUT2D eigenvalue weighted by Crippen LogP contribution is -2.35. The van der Waals surface area contributed by atoms with Crippen LogP contribution in [0.3, 0.4) is 0 Å². The molecule has 0 amide bonds. The minimum Gasteiger partial charge on any atom is -0.349 e. The van der Waals surface area contributed by atoms with Crippen LogP contribution in [0.5, 0.6) is 0 Å². The van der Waals surface area contributed by atoms with Crippen molar-refractivity contribution in [2.24, 2.45) is 9.98 Å². The maximum atomic E-state index is 4.70. The zero-order chi connectivity index (χ0) is 16.2. The molecule has 1 aliphatic carbocycles. The van der Waals surface area contributed by atoms with Crippen LogP contribution >= 0.6 is 0 Å². The summed E-state index contributed by atoms with van der Waals surface area (Å²) in [4.78, 5) is 17.4. The molecule has 0 atom stereocenters. The molecule has 6 nitrogen and oxygen atoms in total. The van der Waals surface area contributed by atoms with Crippen molar-refractivity contribution in [3.05, 3.63) is 23.5 Å². The van der Waals surface area contributed by atoms with Crippen LogP contribution in [-0.4, -0.2) is 87.9 Å². The minimum absolute atomic E-state index is 0.760. The first kappa shape index (κ1) is 17.1. The minimum atomic E-state index is 0.760. The van der Waals surface area contributed by atoms with Gasteiger partial charge in [-0.15, -0.1) is 0 Å². The first-order valence-corrected chi connectivity index (χ1v) is 6.98. The van der Waals surface area contributed by atoms with E-state index in [2.05, 4.69) is 0 Å². The van der Waals surface area contributed by atoms with E-state index in [0.29, 0.717) is 0 Å². The van der Waals surface area contributed by atoms with Crippen molar-refractivity contribution in [1.29, 1.82) is 0 Å². The Hall–Kier alpha value is -1.98. The van der Waals surface area contributed by atoms with E-state index in [9.17, 15) is 0 Å². The average Bonchev–Trinajstić information content (AvgIpc) is 2.79. The van der Waals surface area contributed by atoms with E-state index in [1.54, 1.807) is 0 Å². The topological polar surface area (TPSA) is 37.7 Å². The van der Waals surface area contributed by atoms with Crippen molar-refractivity contribution >= 4 is 11.9 Å². The molecule has 0 aromatic carbocycles. The standard InChI is InChI=1S/C15H28N6/c1-18(2)14(19(3)4)16-12-9-10-13(11-12)17-15(20(5)6)21(7)8/h9-10H,11H2,1-8H3. The van der Waals surface area contributed by atoms with Gasteiger partial charge in [0.15, 0.2) is 11.9 Å². The molecule has 0 aromatic heterocycles. The Kier molecular flexibility index (Phi) is 5.81. The van der Waals surface area contributed by atoms with E-state index in [1.165, 1.54) is 0 Å². The molecular formula is C15H28N6. The number of allylic oxidation sites excluding steroid dienone is 2. The Morgan fingerprint density at radius 1 is 0.667 bits per heavy atom. The predicted octanol–water partition coefficient (Wildman–Crippen LogP) is 1.12. The molecule has 0 aliphatic heterocycles. The molecule has 0 heterocycles. The Labute approximate surface area is 128 Å². The molecular weight excluding hydrogens is 264 g/mol. The fourth-order valence-corrected chi connectivity index (χ4v) is 2.11. The molecule has 0 saturated heterocycles. The molecule has 0 saturated carbocycles. The summed E-state index contributed by atoms with van der Waals surface area (Å²) in [5.41, 5.74) is 2.06. The van der Waals surface area contributed by atoms with Gasteiger partial charge in [0.05, 0.1) is 11.4 Å². The van der Waals surface area contributed by atoms with Crippen molar-refractivity contribution in [2.75, 3.05) is 56.4 Å². The second kappa shape index (κ2) is 7.15. The van der Waals surface area contributed by atoms with Crippen LogP contribution in [0.2, 0.25) is 0 Å². The summed E-state index contributed by atoms with van der Waals surface area (Å²) >= 11 is 0. The van der Waals surface area contributed by atoms with Crippen LogP contribution in [0.1, 0.15) is 6.42 Å². The molecule has 0 fully saturated rings. The van der Waals surface area contributed by atoms with Crippen molar-refractivity contribution in [3.8, 4) is 0 Å². The highest BCUT2D eigenvalue weighted by atomic mass is 15.3. The Morgan fingerprint density at radius 2 is 0.952 bits per heavy atom. The Bertz CT molecular complexity index is 416. The molecule has 0 spiro atoms. The van der Waals surface area contributed by atoms with Crippen LogP contribution in [0.15, 0.2) is 33.5 Å². The zero-order valence-corrected chi connectivity index (χ0v) is 14.5. The lowest BCUT2D eigenvalue weighted by Gasteiger charge is -2.23. The number of hydrogen-bond donors (Lipinski definition) is 0. The second-order valence-corrected chi connectivity index (χ2v) is 5.89. The highest BCUT2D eigenvalue weighted by Crippen LogP contribution is 2.22. The normalized spacial score (nSPS) is 13.1. The molecule has 1 aliphatic rings. The lowest BCUT2D eigenvalue weighted by atomic mass is 10.3. The van der Waals surface area contributed by atoms with E-state index in [4.69, 9.17) is 9.98 Å². The van der Waals surface area contributed by atoms with E-state index >= 15 is 0 Å². The summed E-state index contributed by atoms with van der Waals surface area (Å²) in [6.45, 7) is 0. The summed E-state index contributed by atoms with van der Waals surface area (Å²) in [5, 5.41) is 0. The third kappa shape index (κ3) is 4.81. The van der Waals surface area contributed by atoms with Crippen molar-refractivity contribution in [2.45, 2.75) is 6.42 Å². The van der Waals surface area contributed by atoms with Gasteiger partial charge in [-0.3, -0.25) is 0 Å². The maximum Gasteiger partial charge on any atom is 0.200 e. The van der Waals surface area contributed by atoms with Gasteiger partial charge in [0, 0.05) is 62.8 Å². The molecule has 0 unspecified atom stereocenters. The molecule has 21 heavy (non-hydrogen) atoms. The van der Waals surface area contributed by atoms with Crippen LogP contribution in [0, 0.1) is 0 Å². The fraction of sp³-hybridized carbons (Fsp3) is 0.600. The van der Waals surface area contributed by atoms with Crippen LogP contribution in [-0.2, 0) is 0 Å². The van der Waals surface area contributed by atoms with Gasteiger partial charge >= 0.3 is 0 Å². The quantitative estimate of drug-likeness (QED) is 0.564. The molecule has 6 heteroatoms. The predicted molar refractivity (Wildman–Crippen MR) is 90.4 cm³/mol. The molecule has 118 valence electrons. The lowest BCUT2D eigenvalue weighted by molar-refractivity contribution is 0.481. The Morgan fingerprint density at radius 3 is 1.19 bits per heavy atom. The van der Waals surface area contributed by atoms with Crippen LogP contribution in [0.4, 0.5) is 0 Å². The molecule has 0 aromatic rings. The van der Waals surface area contributed by atoms with Gasteiger partial charge < -0.3 is 19.6 Å². The number of rotatable bonds is 2. The highest BCUT2D eigenvalue weighted by molar-refractivity contribution is 5.81. The smallest absolute Gasteiger partial charge is 0.200 e. The third-order valence-corrected chi connectivity index (χ3v) is 2.92. The summed E-state index contributed by atoms with van der Waals surface area (Å²) < 4.78 is 0. The number of nitrogens with zero attached hydrogens (tertiary/aromatic N) is 6.